The van der Waals surface area contributed by atoms with E-state index in [9.17, 15) is 4.79 Å². The molecule has 1 fully saturated rings. The minimum absolute atomic E-state index is 0.0698. The molecule has 2 aliphatic rings. The summed E-state index contributed by atoms with van der Waals surface area (Å²) in [6.45, 7) is 5.65. The molecule has 1 N–H and O–H groups in total. The predicted molar refractivity (Wildman–Crippen MR) is 119 cm³/mol. The summed E-state index contributed by atoms with van der Waals surface area (Å²) in [6, 6.07) is 5.98. The highest BCUT2D eigenvalue weighted by Crippen LogP contribution is 2.33. The van der Waals surface area contributed by atoms with Gasteiger partial charge in [-0.2, -0.15) is 4.98 Å². The molecule has 5 rings (SSSR count). The number of ether oxygens (including phenoxy) is 1. The topological polar surface area (TPSA) is 96.4 Å². The number of fused-ring (bicyclic) bond motifs is 2. The molecule has 0 saturated carbocycles. The summed E-state index contributed by atoms with van der Waals surface area (Å²) in [5.41, 5.74) is 4.52. The van der Waals surface area contributed by atoms with Crippen molar-refractivity contribution in [2.24, 2.45) is 0 Å². The molecule has 0 bridgehead atoms. The fourth-order valence-corrected chi connectivity index (χ4v) is 4.38. The van der Waals surface area contributed by atoms with Gasteiger partial charge in [0.25, 0.3) is 0 Å². The first-order valence-corrected chi connectivity index (χ1v) is 10.6. The fourth-order valence-electron chi connectivity index (χ4n) is 4.22. The molecule has 0 atom stereocenters. The minimum Gasteiger partial charge on any atom is -0.378 e. The van der Waals surface area contributed by atoms with E-state index in [2.05, 4.69) is 41.1 Å². The van der Waals surface area contributed by atoms with Crippen molar-refractivity contribution >= 4 is 45.9 Å². The standard InChI is InChI=1S/C21H22ClN7O2/c1-13(30)25-16-4-2-3-14-11-29(6-5-15(14)16)19-18-17(23-12-24-19)20(27-21(22)26-18)28-7-9-31-10-8-28/h2-4,12H,5-11H2,1H3,(H,25,30). The lowest BCUT2D eigenvalue weighted by Gasteiger charge is -2.32. The summed E-state index contributed by atoms with van der Waals surface area (Å²) in [5, 5.41) is 3.11. The van der Waals surface area contributed by atoms with Crippen LogP contribution in [0.5, 0.6) is 0 Å². The highest BCUT2D eigenvalue weighted by atomic mass is 35.5. The molecule has 0 aliphatic carbocycles. The van der Waals surface area contributed by atoms with E-state index in [1.54, 1.807) is 6.33 Å². The second-order valence-corrected chi connectivity index (χ2v) is 7.94. The Morgan fingerprint density at radius 3 is 2.71 bits per heavy atom. The van der Waals surface area contributed by atoms with Crippen LogP contribution in [-0.2, 0) is 22.5 Å². The van der Waals surface area contributed by atoms with Crippen molar-refractivity contribution in [1.82, 2.24) is 19.9 Å². The van der Waals surface area contributed by atoms with Crippen molar-refractivity contribution in [3.8, 4) is 0 Å². The SMILES string of the molecule is CC(=O)Nc1cccc2c1CCN(c1ncnc3c(N4CCOCC4)nc(Cl)nc13)C2. The van der Waals surface area contributed by atoms with Crippen LogP contribution in [-0.4, -0.2) is 58.7 Å². The van der Waals surface area contributed by atoms with Crippen LogP contribution in [0.25, 0.3) is 11.0 Å². The molecule has 10 heteroatoms. The first-order chi connectivity index (χ1) is 15.1. The van der Waals surface area contributed by atoms with Crippen molar-refractivity contribution < 1.29 is 9.53 Å². The Morgan fingerprint density at radius 1 is 1.06 bits per heavy atom. The molecule has 160 valence electrons. The minimum atomic E-state index is -0.0698. The van der Waals surface area contributed by atoms with Crippen LogP contribution in [0.1, 0.15) is 18.1 Å². The number of hydrogen-bond donors (Lipinski definition) is 1. The van der Waals surface area contributed by atoms with Crippen LogP contribution in [0.2, 0.25) is 5.28 Å². The van der Waals surface area contributed by atoms with Crippen molar-refractivity contribution in [3.63, 3.8) is 0 Å². The van der Waals surface area contributed by atoms with Crippen LogP contribution < -0.4 is 15.1 Å². The molecular formula is C21H22ClN7O2. The van der Waals surface area contributed by atoms with E-state index in [-0.39, 0.29) is 11.2 Å². The second kappa shape index (κ2) is 8.24. The number of nitrogens with one attached hydrogen (secondary N) is 1. The largest absolute Gasteiger partial charge is 0.378 e. The van der Waals surface area contributed by atoms with Gasteiger partial charge in [-0.25, -0.2) is 15.0 Å². The van der Waals surface area contributed by atoms with Crippen molar-refractivity contribution in [2.75, 3.05) is 48.0 Å². The van der Waals surface area contributed by atoms with Crippen molar-refractivity contribution in [3.05, 3.63) is 40.9 Å². The fraction of sp³-hybridized carbons (Fsp3) is 0.381. The Labute approximate surface area is 184 Å². The number of rotatable bonds is 3. The van der Waals surface area contributed by atoms with E-state index in [1.807, 2.05) is 12.1 Å². The van der Waals surface area contributed by atoms with Gasteiger partial charge in [-0.3, -0.25) is 4.79 Å². The summed E-state index contributed by atoms with van der Waals surface area (Å²) in [5.74, 6) is 1.38. The number of hydrogen-bond acceptors (Lipinski definition) is 8. The van der Waals surface area contributed by atoms with Crippen LogP contribution >= 0.6 is 11.6 Å². The van der Waals surface area contributed by atoms with Crippen LogP contribution in [0.3, 0.4) is 0 Å². The Kier molecular flexibility index (Phi) is 5.29. The summed E-state index contributed by atoms with van der Waals surface area (Å²) >= 11 is 6.31. The molecule has 9 nitrogen and oxygen atoms in total. The zero-order chi connectivity index (χ0) is 21.4. The molecular weight excluding hydrogens is 418 g/mol. The number of carbonyl (C=O) groups excluding carboxylic acids is 1. The van der Waals surface area contributed by atoms with Gasteiger partial charge < -0.3 is 19.9 Å². The monoisotopic (exact) mass is 439 g/mol. The maximum Gasteiger partial charge on any atom is 0.225 e. The quantitative estimate of drug-likeness (QED) is 0.621. The van der Waals surface area contributed by atoms with Gasteiger partial charge in [-0.1, -0.05) is 12.1 Å². The number of anilines is 3. The molecule has 2 aliphatic heterocycles. The highest BCUT2D eigenvalue weighted by molar-refractivity contribution is 6.29. The van der Waals surface area contributed by atoms with Crippen LogP contribution in [0.4, 0.5) is 17.3 Å². The summed E-state index contributed by atoms with van der Waals surface area (Å²) in [6.07, 6.45) is 2.34. The lowest BCUT2D eigenvalue weighted by molar-refractivity contribution is -0.114. The molecule has 4 heterocycles. The van der Waals surface area contributed by atoms with Crippen LogP contribution in [0.15, 0.2) is 24.5 Å². The summed E-state index contributed by atoms with van der Waals surface area (Å²) in [4.78, 5) is 33.9. The van der Waals surface area contributed by atoms with Gasteiger partial charge in [-0.05, 0) is 35.2 Å². The Bertz CT molecular complexity index is 1150. The molecule has 2 aromatic heterocycles. The second-order valence-electron chi connectivity index (χ2n) is 7.61. The molecule has 31 heavy (non-hydrogen) atoms. The number of carbonyl (C=O) groups is 1. The first kappa shape index (κ1) is 19.9. The molecule has 0 unspecified atom stereocenters. The van der Waals surface area contributed by atoms with E-state index in [1.165, 1.54) is 6.92 Å². The molecule has 0 spiro atoms. The van der Waals surface area contributed by atoms with E-state index >= 15 is 0 Å². The van der Waals surface area contributed by atoms with Crippen LogP contribution in [0, 0.1) is 0 Å². The lowest BCUT2D eigenvalue weighted by atomic mass is 9.97. The summed E-state index contributed by atoms with van der Waals surface area (Å²) in [7, 11) is 0. The van der Waals surface area contributed by atoms with Gasteiger partial charge in [0.15, 0.2) is 11.6 Å². The van der Waals surface area contributed by atoms with Gasteiger partial charge in [0.2, 0.25) is 11.2 Å². The summed E-state index contributed by atoms with van der Waals surface area (Å²) < 4.78 is 5.46. The molecule has 3 aromatic rings. The number of amides is 1. The third kappa shape index (κ3) is 3.86. The normalized spacial score (nSPS) is 16.3. The average molecular weight is 440 g/mol. The average Bonchev–Trinajstić information content (AvgIpc) is 2.78. The molecule has 1 aromatic carbocycles. The highest BCUT2D eigenvalue weighted by Gasteiger charge is 2.25. The lowest BCUT2D eigenvalue weighted by Crippen LogP contribution is -2.37. The Morgan fingerprint density at radius 2 is 1.90 bits per heavy atom. The number of benzene rings is 1. The van der Waals surface area contributed by atoms with Gasteiger partial charge in [0, 0.05) is 38.8 Å². The molecule has 1 amide bonds. The van der Waals surface area contributed by atoms with Crippen molar-refractivity contribution in [1.29, 1.82) is 0 Å². The molecule has 0 radical (unpaired) electrons. The predicted octanol–water partition coefficient (Wildman–Crippen LogP) is 2.43. The third-order valence-electron chi connectivity index (χ3n) is 5.60. The van der Waals surface area contributed by atoms with E-state index in [4.69, 9.17) is 16.3 Å². The first-order valence-electron chi connectivity index (χ1n) is 10.2. The maximum atomic E-state index is 11.5. The van der Waals surface area contributed by atoms with Gasteiger partial charge >= 0.3 is 0 Å². The van der Waals surface area contributed by atoms with Gasteiger partial charge in [0.1, 0.15) is 17.4 Å². The number of aromatic nitrogens is 4. The Balaban J connectivity index is 1.53. The Hall–Kier alpha value is -3.04. The molecule has 1 saturated heterocycles. The number of nitrogens with zero attached hydrogens (tertiary/aromatic N) is 6. The zero-order valence-corrected chi connectivity index (χ0v) is 17.9. The third-order valence-corrected chi connectivity index (χ3v) is 5.77. The van der Waals surface area contributed by atoms with Gasteiger partial charge in [-0.15, -0.1) is 0 Å². The van der Waals surface area contributed by atoms with Gasteiger partial charge in [0.05, 0.1) is 13.2 Å². The number of morpholine rings is 1. The maximum absolute atomic E-state index is 11.5. The van der Waals surface area contributed by atoms with E-state index in [0.717, 1.165) is 48.7 Å². The van der Waals surface area contributed by atoms with E-state index in [0.29, 0.717) is 36.6 Å². The van der Waals surface area contributed by atoms with E-state index < -0.39 is 0 Å². The smallest absolute Gasteiger partial charge is 0.225 e. The number of halogens is 1. The zero-order valence-electron chi connectivity index (χ0n) is 17.1. The van der Waals surface area contributed by atoms with Crippen molar-refractivity contribution in [2.45, 2.75) is 19.9 Å².